The van der Waals surface area contributed by atoms with Gasteiger partial charge in [-0.1, -0.05) is 0 Å². The quantitative estimate of drug-likeness (QED) is 0.562. The monoisotopic (exact) mass is 243 g/mol. The molecule has 2 atom stereocenters. The fourth-order valence-corrected chi connectivity index (χ4v) is 1.58. The normalized spacial score (nSPS) is 22.0. The first kappa shape index (κ1) is 13.1. The van der Waals surface area contributed by atoms with Crippen molar-refractivity contribution in [2.75, 3.05) is 7.05 Å². The maximum atomic E-state index is 11.6. The van der Waals surface area contributed by atoms with Crippen molar-refractivity contribution in [2.45, 2.75) is 18.9 Å². The van der Waals surface area contributed by atoms with Crippen molar-refractivity contribution < 1.29 is 24.6 Å². The van der Waals surface area contributed by atoms with Crippen molar-refractivity contribution in [3.63, 3.8) is 0 Å². The number of amides is 1. The van der Waals surface area contributed by atoms with E-state index < -0.39 is 29.8 Å². The van der Waals surface area contributed by atoms with Gasteiger partial charge in [0.2, 0.25) is 5.91 Å². The van der Waals surface area contributed by atoms with Gasteiger partial charge in [0.05, 0.1) is 0 Å². The Morgan fingerprint density at radius 1 is 1.59 bits per heavy atom. The van der Waals surface area contributed by atoms with E-state index in [9.17, 15) is 14.4 Å². The maximum Gasteiger partial charge on any atom is 0.352 e. The zero-order chi connectivity index (χ0) is 13.2. The molecule has 0 fully saturated rings. The summed E-state index contributed by atoms with van der Waals surface area (Å²) in [6.07, 6.45) is -0.204. The zero-order valence-corrected chi connectivity index (χ0v) is 9.16. The summed E-state index contributed by atoms with van der Waals surface area (Å²) in [6.45, 7) is 0. The summed E-state index contributed by atoms with van der Waals surface area (Å²) in [7, 11) is 1.32. The third-order valence-electron chi connectivity index (χ3n) is 2.48. The fourth-order valence-electron chi connectivity index (χ4n) is 1.58. The molecule has 1 amide bonds. The van der Waals surface area contributed by atoms with E-state index in [4.69, 9.17) is 15.9 Å². The SMILES string of the molecule is CN1N=C(C(=O)O)C[C@H](C[C@H](N)C(=O)O)C1=O. The number of hydrogen-bond acceptors (Lipinski definition) is 5. The minimum atomic E-state index is -1.22. The summed E-state index contributed by atoms with van der Waals surface area (Å²) < 4.78 is 0. The van der Waals surface area contributed by atoms with Crippen LogP contribution in [0.3, 0.4) is 0 Å². The Morgan fingerprint density at radius 3 is 2.65 bits per heavy atom. The molecule has 17 heavy (non-hydrogen) atoms. The number of nitrogens with two attached hydrogens (primary N) is 1. The second-order valence-corrected chi connectivity index (χ2v) is 3.80. The van der Waals surface area contributed by atoms with Crippen LogP contribution in [0, 0.1) is 5.92 Å². The lowest BCUT2D eigenvalue weighted by molar-refractivity contribution is -0.140. The van der Waals surface area contributed by atoms with Crippen LogP contribution in [0.5, 0.6) is 0 Å². The molecule has 0 aromatic heterocycles. The summed E-state index contributed by atoms with van der Waals surface area (Å²) in [5.74, 6) is -3.63. The molecule has 0 saturated heterocycles. The van der Waals surface area contributed by atoms with E-state index in [0.29, 0.717) is 0 Å². The van der Waals surface area contributed by atoms with E-state index in [1.807, 2.05) is 0 Å². The van der Waals surface area contributed by atoms with Crippen LogP contribution in [-0.2, 0) is 14.4 Å². The molecule has 0 aromatic rings. The van der Waals surface area contributed by atoms with Crippen molar-refractivity contribution in [1.82, 2.24) is 5.01 Å². The highest BCUT2D eigenvalue weighted by Crippen LogP contribution is 2.20. The van der Waals surface area contributed by atoms with Gasteiger partial charge >= 0.3 is 11.9 Å². The van der Waals surface area contributed by atoms with Crippen LogP contribution in [0.15, 0.2) is 5.10 Å². The highest BCUT2D eigenvalue weighted by atomic mass is 16.4. The number of hydrazone groups is 1. The molecule has 0 saturated carbocycles. The van der Waals surface area contributed by atoms with Crippen LogP contribution in [-0.4, -0.2) is 51.9 Å². The minimum Gasteiger partial charge on any atom is -0.480 e. The second-order valence-electron chi connectivity index (χ2n) is 3.80. The molecule has 0 bridgehead atoms. The van der Waals surface area contributed by atoms with Crippen molar-refractivity contribution in [3.05, 3.63) is 0 Å². The van der Waals surface area contributed by atoms with Gasteiger partial charge in [-0.25, -0.2) is 9.80 Å². The average Bonchev–Trinajstić information content (AvgIpc) is 2.23. The van der Waals surface area contributed by atoms with E-state index in [2.05, 4.69) is 5.10 Å². The molecule has 4 N–H and O–H groups in total. The Morgan fingerprint density at radius 2 is 2.18 bits per heavy atom. The zero-order valence-electron chi connectivity index (χ0n) is 9.16. The Hall–Kier alpha value is -1.96. The molecule has 1 aliphatic heterocycles. The molecule has 8 heteroatoms. The van der Waals surface area contributed by atoms with Gasteiger partial charge in [0.25, 0.3) is 0 Å². The van der Waals surface area contributed by atoms with Crippen molar-refractivity contribution in [1.29, 1.82) is 0 Å². The van der Waals surface area contributed by atoms with Gasteiger partial charge in [-0.05, 0) is 6.42 Å². The summed E-state index contributed by atoms with van der Waals surface area (Å²) in [4.78, 5) is 33.0. The number of rotatable bonds is 4. The Balaban J connectivity index is 2.81. The summed E-state index contributed by atoms with van der Waals surface area (Å²) in [6, 6.07) is -1.19. The Labute approximate surface area is 96.7 Å². The molecule has 0 radical (unpaired) electrons. The highest BCUT2D eigenvalue weighted by molar-refractivity contribution is 6.36. The van der Waals surface area contributed by atoms with Gasteiger partial charge in [0, 0.05) is 19.4 Å². The first-order chi connectivity index (χ1) is 7.82. The van der Waals surface area contributed by atoms with Gasteiger partial charge in [0.1, 0.15) is 11.8 Å². The highest BCUT2D eigenvalue weighted by Gasteiger charge is 2.33. The van der Waals surface area contributed by atoms with E-state index >= 15 is 0 Å². The third kappa shape index (κ3) is 3.00. The van der Waals surface area contributed by atoms with Crippen LogP contribution >= 0.6 is 0 Å². The smallest absolute Gasteiger partial charge is 0.352 e. The molecule has 0 spiro atoms. The van der Waals surface area contributed by atoms with Crippen LogP contribution in [0.25, 0.3) is 0 Å². The molecule has 1 aliphatic rings. The third-order valence-corrected chi connectivity index (χ3v) is 2.48. The van der Waals surface area contributed by atoms with E-state index in [1.165, 1.54) is 7.05 Å². The van der Waals surface area contributed by atoms with Crippen molar-refractivity contribution >= 4 is 23.6 Å². The van der Waals surface area contributed by atoms with Gasteiger partial charge in [-0.2, -0.15) is 5.10 Å². The number of nitrogens with zero attached hydrogens (tertiary/aromatic N) is 2. The first-order valence-electron chi connectivity index (χ1n) is 4.89. The number of aliphatic carboxylic acids is 2. The number of carbonyl (C=O) groups is 3. The topological polar surface area (TPSA) is 133 Å². The van der Waals surface area contributed by atoms with Gasteiger partial charge in [-0.3, -0.25) is 9.59 Å². The fraction of sp³-hybridized carbons (Fsp3) is 0.556. The largest absolute Gasteiger partial charge is 0.480 e. The number of carbonyl (C=O) groups excluding carboxylic acids is 1. The number of hydrogen-bond donors (Lipinski definition) is 3. The summed E-state index contributed by atoms with van der Waals surface area (Å²) >= 11 is 0. The van der Waals surface area contributed by atoms with Crippen LogP contribution in [0.4, 0.5) is 0 Å². The van der Waals surface area contributed by atoms with Crippen LogP contribution < -0.4 is 5.73 Å². The first-order valence-corrected chi connectivity index (χ1v) is 4.89. The standard InChI is InChI=1S/C9H13N3O5/c1-12-7(13)4(2-5(10)8(14)15)3-6(11-12)9(16)17/h4-5H,2-3,10H2,1H3,(H,14,15)(H,16,17)/t4-,5-/m0/s1. The summed E-state index contributed by atoms with van der Waals surface area (Å²) in [5, 5.41) is 21.9. The number of carboxylic acid groups (broad SMARTS) is 2. The van der Waals surface area contributed by atoms with Crippen molar-refractivity contribution in [2.24, 2.45) is 16.8 Å². The van der Waals surface area contributed by atoms with E-state index in [1.54, 1.807) is 0 Å². The predicted octanol–water partition coefficient (Wildman–Crippen LogP) is -1.29. The second kappa shape index (κ2) is 4.91. The average molecular weight is 243 g/mol. The summed E-state index contributed by atoms with van der Waals surface area (Å²) in [5.41, 5.74) is 5.15. The minimum absolute atomic E-state index is 0.0977. The maximum absolute atomic E-state index is 11.6. The van der Waals surface area contributed by atoms with Crippen molar-refractivity contribution in [3.8, 4) is 0 Å². The molecule has 0 aliphatic carbocycles. The van der Waals surface area contributed by atoms with Gasteiger partial charge < -0.3 is 15.9 Å². The molecule has 0 aromatic carbocycles. The molecule has 1 heterocycles. The van der Waals surface area contributed by atoms with Crippen LogP contribution in [0.1, 0.15) is 12.8 Å². The van der Waals surface area contributed by atoms with E-state index in [-0.39, 0.29) is 18.6 Å². The lowest BCUT2D eigenvalue weighted by Gasteiger charge is -2.26. The molecule has 8 nitrogen and oxygen atoms in total. The number of carboxylic acids is 2. The molecule has 94 valence electrons. The Bertz CT molecular complexity index is 392. The van der Waals surface area contributed by atoms with Gasteiger partial charge in [-0.15, -0.1) is 0 Å². The molecular formula is C9H13N3O5. The molecular weight excluding hydrogens is 230 g/mol. The lowest BCUT2D eigenvalue weighted by Crippen LogP contribution is -2.42. The Kier molecular flexibility index (Phi) is 3.79. The predicted molar refractivity (Wildman–Crippen MR) is 56.2 cm³/mol. The van der Waals surface area contributed by atoms with E-state index in [0.717, 1.165) is 5.01 Å². The lowest BCUT2D eigenvalue weighted by atomic mass is 9.92. The molecule has 1 rings (SSSR count). The van der Waals surface area contributed by atoms with Gasteiger partial charge in [0.15, 0.2) is 0 Å². The van der Waals surface area contributed by atoms with Crippen LogP contribution in [0.2, 0.25) is 0 Å². The molecule has 0 unspecified atom stereocenters.